The van der Waals surface area contributed by atoms with E-state index in [2.05, 4.69) is 32.4 Å². The molecule has 7 nitrogen and oxygen atoms in total. The summed E-state index contributed by atoms with van der Waals surface area (Å²) in [5.74, 6) is 0.465. The van der Waals surface area contributed by atoms with Gasteiger partial charge in [0.2, 0.25) is 0 Å². The van der Waals surface area contributed by atoms with Gasteiger partial charge in [0.15, 0.2) is 11.4 Å². The van der Waals surface area contributed by atoms with Crippen LogP contribution in [0.15, 0.2) is 58.0 Å². The first-order valence-corrected chi connectivity index (χ1v) is 11.0. The Morgan fingerprint density at radius 1 is 1.09 bits per heavy atom. The van der Waals surface area contributed by atoms with E-state index in [1.165, 1.54) is 5.57 Å². The van der Waals surface area contributed by atoms with E-state index in [0.29, 0.717) is 22.9 Å². The number of imidazole rings is 1. The number of fused-ring (bicyclic) bond motifs is 3. The minimum absolute atomic E-state index is 0.341. The van der Waals surface area contributed by atoms with Gasteiger partial charge < -0.3 is 13.7 Å². The number of hydrogen-bond acceptors (Lipinski definition) is 6. The maximum absolute atomic E-state index is 12.9. The van der Waals surface area contributed by atoms with Gasteiger partial charge in [0.1, 0.15) is 5.69 Å². The molecule has 0 saturated carbocycles. The SMILES string of the molecule is C=C1CCN2CCN(c3ccc4cc(-c5cn6cc(C)nc(C)c6n5)oc(=O)c4c3)CC12. The quantitative estimate of drug-likeness (QED) is 0.456. The predicted octanol–water partition coefficient (Wildman–Crippen LogP) is 3.57. The first kappa shape index (κ1) is 19.3. The maximum Gasteiger partial charge on any atom is 0.344 e. The van der Waals surface area contributed by atoms with E-state index in [9.17, 15) is 4.79 Å². The Balaban J connectivity index is 1.37. The molecule has 7 heteroatoms. The van der Waals surface area contributed by atoms with Crippen LogP contribution in [0.5, 0.6) is 0 Å². The molecule has 2 saturated heterocycles. The number of aryl methyl sites for hydroxylation is 2. The highest BCUT2D eigenvalue weighted by molar-refractivity contribution is 5.87. The molecule has 32 heavy (non-hydrogen) atoms. The van der Waals surface area contributed by atoms with Gasteiger partial charge in [-0.15, -0.1) is 0 Å². The molecule has 0 bridgehead atoms. The highest BCUT2D eigenvalue weighted by Crippen LogP contribution is 2.30. The molecule has 2 fully saturated rings. The predicted molar refractivity (Wildman–Crippen MR) is 125 cm³/mol. The Bertz CT molecular complexity index is 1450. The van der Waals surface area contributed by atoms with Crippen LogP contribution in [0.4, 0.5) is 5.69 Å². The van der Waals surface area contributed by atoms with Crippen molar-refractivity contribution in [2.75, 3.05) is 31.1 Å². The van der Waals surface area contributed by atoms with E-state index < -0.39 is 0 Å². The van der Waals surface area contributed by atoms with Crippen molar-refractivity contribution >= 4 is 22.1 Å². The van der Waals surface area contributed by atoms with E-state index in [0.717, 1.165) is 60.7 Å². The molecule has 1 aromatic carbocycles. The van der Waals surface area contributed by atoms with Gasteiger partial charge >= 0.3 is 5.63 Å². The average molecular weight is 428 g/mol. The second kappa shape index (κ2) is 7.03. The van der Waals surface area contributed by atoms with Crippen molar-refractivity contribution in [3.63, 3.8) is 0 Å². The molecule has 162 valence electrons. The molecule has 0 aliphatic carbocycles. The van der Waals surface area contributed by atoms with Crippen LogP contribution in [-0.4, -0.2) is 51.5 Å². The molecule has 1 atom stereocenters. The molecule has 0 radical (unpaired) electrons. The Morgan fingerprint density at radius 3 is 2.84 bits per heavy atom. The topological polar surface area (TPSA) is 66.9 Å². The molecule has 0 amide bonds. The molecule has 6 rings (SSSR count). The molecule has 0 N–H and O–H groups in total. The zero-order chi connectivity index (χ0) is 22.0. The van der Waals surface area contributed by atoms with E-state index in [1.54, 1.807) is 0 Å². The minimum Gasteiger partial charge on any atom is -0.421 e. The van der Waals surface area contributed by atoms with E-state index in [4.69, 9.17) is 4.42 Å². The lowest BCUT2D eigenvalue weighted by Gasteiger charge is -2.39. The van der Waals surface area contributed by atoms with Crippen molar-refractivity contribution in [2.24, 2.45) is 0 Å². The fourth-order valence-corrected chi connectivity index (χ4v) is 5.08. The monoisotopic (exact) mass is 427 g/mol. The first-order chi connectivity index (χ1) is 15.5. The fraction of sp³-hybridized carbons (Fsp3) is 0.320. The summed E-state index contributed by atoms with van der Waals surface area (Å²) in [6, 6.07) is 8.37. The van der Waals surface area contributed by atoms with E-state index in [1.807, 2.05) is 48.8 Å². The van der Waals surface area contributed by atoms with E-state index >= 15 is 0 Å². The van der Waals surface area contributed by atoms with Crippen molar-refractivity contribution < 1.29 is 4.42 Å². The Labute approximate surface area is 185 Å². The van der Waals surface area contributed by atoms with Gasteiger partial charge in [-0.05, 0) is 43.9 Å². The molecular formula is C25H25N5O2. The van der Waals surface area contributed by atoms with Gasteiger partial charge in [-0.3, -0.25) is 9.88 Å². The summed E-state index contributed by atoms with van der Waals surface area (Å²) in [5.41, 5.74) is 5.17. The number of nitrogens with zero attached hydrogens (tertiary/aromatic N) is 5. The minimum atomic E-state index is -0.341. The zero-order valence-electron chi connectivity index (χ0n) is 18.3. The molecule has 1 unspecified atom stereocenters. The van der Waals surface area contributed by atoms with Gasteiger partial charge in [0.05, 0.1) is 16.8 Å². The fourth-order valence-electron chi connectivity index (χ4n) is 5.08. The summed E-state index contributed by atoms with van der Waals surface area (Å²) in [4.78, 5) is 26.9. The molecule has 2 aliphatic rings. The van der Waals surface area contributed by atoms with E-state index in [-0.39, 0.29) is 5.63 Å². The second-order valence-corrected chi connectivity index (χ2v) is 8.90. The van der Waals surface area contributed by atoms with Crippen LogP contribution in [0.2, 0.25) is 0 Å². The van der Waals surface area contributed by atoms with Crippen molar-refractivity contribution in [1.82, 2.24) is 19.3 Å². The van der Waals surface area contributed by atoms with Gasteiger partial charge in [0.25, 0.3) is 0 Å². The number of anilines is 1. The normalized spacial score (nSPS) is 19.2. The molecule has 5 heterocycles. The van der Waals surface area contributed by atoms with Crippen molar-refractivity contribution in [3.8, 4) is 11.5 Å². The maximum atomic E-state index is 12.9. The molecule has 0 spiro atoms. The second-order valence-electron chi connectivity index (χ2n) is 8.90. The summed E-state index contributed by atoms with van der Waals surface area (Å²) in [6.45, 7) is 12.1. The highest BCUT2D eigenvalue weighted by Gasteiger charge is 2.33. The Hall–Kier alpha value is -3.45. The third kappa shape index (κ3) is 3.04. The molecule has 4 aromatic rings. The van der Waals surface area contributed by atoms with Crippen molar-refractivity contribution in [3.05, 3.63) is 70.6 Å². The smallest absolute Gasteiger partial charge is 0.344 e. The Morgan fingerprint density at radius 2 is 1.97 bits per heavy atom. The zero-order valence-corrected chi connectivity index (χ0v) is 18.3. The lowest BCUT2D eigenvalue weighted by Crippen LogP contribution is -2.50. The number of benzene rings is 1. The van der Waals surface area contributed by atoms with Crippen LogP contribution in [0, 0.1) is 13.8 Å². The molecular weight excluding hydrogens is 402 g/mol. The number of hydrogen-bond donors (Lipinski definition) is 0. The average Bonchev–Trinajstić information content (AvgIpc) is 3.37. The van der Waals surface area contributed by atoms with Crippen molar-refractivity contribution in [1.29, 1.82) is 0 Å². The summed E-state index contributed by atoms with van der Waals surface area (Å²) in [6.07, 6.45) is 4.88. The summed E-state index contributed by atoms with van der Waals surface area (Å²) >= 11 is 0. The van der Waals surface area contributed by atoms with Crippen molar-refractivity contribution in [2.45, 2.75) is 26.3 Å². The third-order valence-electron chi connectivity index (χ3n) is 6.77. The number of piperazine rings is 1. The van der Waals surface area contributed by atoms with Crippen LogP contribution < -0.4 is 10.5 Å². The Kier molecular flexibility index (Phi) is 4.23. The number of aromatic nitrogens is 3. The summed E-state index contributed by atoms with van der Waals surface area (Å²) < 4.78 is 7.64. The molecule has 3 aromatic heterocycles. The summed E-state index contributed by atoms with van der Waals surface area (Å²) in [5, 5.41) is 1.45. The lowest BCUT2D eigenvalue weighted by molar-refractivity contribution is 0.245. The van der Waals surface area contributed by atoms with Gasteiger partial charge in [0, 0.05) is 50.3 Å². The standard InChI is InChI=1S/C25H25N5O2/c1-15-6-7-28-8-9-29(14-22(15)28)19-5-4-18-10-23(32-25(31)20(18)11-19)21-13-30-12-16(2)26-17(3)24(30)27-21/h4-5,10-13,22H,1,6-9,14H2,2-3H3. The third-order valence-corrected chi connectivity index (χ3v) is 6.77. The molecule has 2 aliphatic heterocycles. The van der Waals surface area contributed by atoms with Gasteiger partial charge in [-0.25, -0.2) is 9.78 Å². The van der Waals surface area contributed by atoms with Gasteiger partial charge in [-0.2, -0.15) is 0 Å². The first-order valence-electron chi connectivity index (χ1n) is 11.0. The van der Waals surface area contributed by atoms with Crippen LogP contribution in [0.3, 0.4) is 0 Å². The van der Waals surface area contributed by atoms with Crippen LogP contribution in [0.25, 0.3) is 27.9 Å². The van der Waals surface area contributed by atoms with Crippen LogP contribution in [0.1, 0.15) is 17.8 Å². The number of rotatable bonds is 2. The summed E-state index contributed by atoms with van der Waals surface area (Å²) in [7, 11) is 0. The largest absolute Gasteiger partial charge is 0.421 e. The highest BCUT2D eigenvalue weighted by atomic mass is 16.4. The lowest BCUT2D eigenvalue weighted by atomic mass is 10.1. The van der Waals surface area contributed by atoms with Crippen LogP contribution >= 0.6 is 0 Å². The van der Waals surface area contributed by atoms with Crippen LogP contribution in [-0.2, 0) is 0 Å². The van der Waals surface area contributed by atoms with Gasteiger partial charge in [-0.1, -0.05) is 18.2 Å².